The molecule has 4 rings (SSSR count). The zero-order chi connectivity index (χ0) is 16.7. The fraction of sp³-hybridized carbons (Fsp3) is 0.316. The van der Waals surface area contributed by atoms with Gasteiger partial charge in [-0.05, 0) is 49.6 Å². The fourth-order valence-corrected chi connectivity index (χ4v) is 3.21. The second-order valence-corrected chi connectivity index (χ2v) is 6.20. The Labute approximate surface area is 140 Å². The van der Waals surface area contributed by atoms with E-state index in [1.54, 1.807) is 6.07 Å². The number of hydrogen-bond donors (Lipinski definition) is 2. The molecular formula is C19H20N2O3. The van der Waals surface area contributed by atoms with Crippen molar-refractivity contribution < 1.29 is 14.6 Å². The Balaban J connectivity index is 1.76. The summed E-state index contributed by atoms with van der Waals surface area (Å²) in [5, 5.41) is 13.4. The van der Waals surface area contributed by atoms with Gasteiger partial charge in [-0.1, -0.05) is 18.2 Å². The summed E-state index contributed by atoms with van der Waals surface area (Å²) in [6, 6.07) is 13.1. The van der Waals surface area contributed by atoms with E-state index in [9.17, 15) is 9.90 Å². The van der Waals surface area contributed by atoms with Crippen LogP contribution in [0.15, 0.2) is 42.5 Å². The Morgan fingerprint density at radius 2 is 2.04 bits per heavy atom. The van der Waals surface area contributed by atoms with E-state index < -0.39 is 0 Å². The van der Waals surface area contributed by atoms with E-state index in [0.29, 0.717) is 17.9 Å². The maximum Gasteiger partial charge on any atom is 0.258 e. The normalized spacial score (nSPS) is 19.6. The van der Waals surface area contributed by atoms with Crippen LogP contribution in [0.25, 0.3) is 0 Å². The summed E-state index contributed by atoms with van der Waals surface area (Å²) in [7, 11) is 0. The van der Waals surface area contributed by atoms with Crippen LogP contribution in [0, 0.1) is 0 Å². The summed E-state index contributed by atoms with van der Waals surface area (Å²) in [6.07, 6.45) is 1.81. The number of ether oxygens (including phenoxy) is 1. The van der Waals surface area contributed by atoms with Crippen molar-refractivity contribution in [2.45, 2.75) is 32.0 Å². The molecule has 24 heavy (non-hydrogen) atoms. The molecule has 0 unspecified atom stereocenters. The highest BCUT2D eigenvalue weighted by Crippen LogP contribution is 2.42. The van der Waals surface area contributed by atoms with Crippen LogP contribution in [-0.4, -0.2) is 28.6 Å². The molecule has 5 nitrogen and oxygen atoms in total. The van der Waals surface area contributed by atoms with E-state index in [4.69, 9.17) is 4.74 Å². The van der Waals surface area contributed by atoms with Crippen LogP contribution < -0.4 is 10.1 Å². The first kappa shape index (κ1) is 14.9. The molecule has 1 saturated carbocycles. The van der Waals surface area contributed by atoms with Crippen LogP contribution in [0.5, 0.6) is 11.5 Å². The molecule has 0 aromatic heterocycles. The van der Waals surface area contributed by atoms with Crippen molar-refractivity contribution in [1.29, 1.82) is 0 Å². The molecule has 2 aliphatic rings. The second-order valence-electron chi connectivity index (χ2n) is 6.20. The Morgan fingerprint density at radius 3 is 2.79 bits per heavy atom. The Morgan fingerprint density at radius 1 is 1.25 bits per heavy atom. The third-order valence-electron chi connectivity index (χ3n) is 4.50. The molecule has 2 aromatic rings. The molecule has 0 bridgehead atoms. The molecule has 124 valence electrons. The number of benzene rings is 2. The maximum absolute atomic E-state index is 13.0. The van der Waals surface area contributed by atoms with Gasteiger partial charge in [0.15, 0.2) is 11.5 Å². The number of carbonyl (C=O) groups is 1. The molecule has 1 atom stereocenters. The molecule has 2 N–H and O–H groups in total. The van der Waals surface area contributed by atoms with Crippen molar-refractivity contribution in [2.75, 3.05) is 11.9 Å². The molecule has 2 aromatic carbocycles. The molecule has 1 amide bonds. The van der Waals surface area contributed by atoms with Gasteiger partial charge in [0, 0.05) is 11.7 Å². The average molecular weight is 324 g/mol. The molecule has 1 aliphatic heterocycles. The quantitative estimate of drug-likeness (QED) is 0.903. The number of amides is 1. The average Bonchev–Trinajstić information content (AvgIpc) is 3.42. The first-order chi connectivity index (χ1) is 11.7. The predicted octanol–water partition coefficient (Wildman–Crippen LogP) is 3.52. The number of phenolic OH excluding ortho intramolecular Hbond substituents is 1. The lowest BCUT2D eigenvalue weighted by molar-refractivity contribution is 0.0666. The van der Waals surface area contributed by atoms with Gasteiger partial charge in [-0.2, -0.15) is 0 Å². The summed E-state index contributed by atoms with van der Waals surface area (Å²) in [4.78, 5) is 14.9. The monoisotopic (exact) mass is 324 g/mol. The number of fused-ring (bicyclic) bond motifs is 1. The molecule has 0 radical (unpaired) electrons. The number of phenols is 1. The van der Waals surface area contributed by atoms with Crippen LogP contribution in [0.4, 0.5) is 5.69 Å². The summed E-state index contributed by atoms with van der Waals surface area (Å²) in [5.74, 6) is 0.614. The number of nitrogens with one attached hydrogen (secondary N) is 1. The van der Waals surface area contributed by atoms with Gasteiger partial charge in [0.2, 0.25) is 0 Å². The van der Waals surface area contributed by atoms with Crippen molar-refractivity contribution in [2.24, 2.45) is 0 Å². The highest BCUT2D eigenvalue weighted by Gasteiger charge is 2.42. The van der Waals surface area contributed by atoms with Crippen molar-refractivity contribution in [3.05, 3.63) is 53.6 Å². The van der Waals surface area contributed by atoms with Crippen LogP contribution in [-0.2, 0) is 0 Å². The minimum absolute atomic E-state index is 0.0582. The molecule has 1 heterocycles. The number of nitrogens with zero attached hydrogens (tertiary/aromatic N) is 1. The minimum atomic E-state index is -0.250. The van der Waals surface area contributed by atoms with Gasteiger partial charge >= 0.3 is 0 Å². The van der Waals surface area contributed by atoms with E-state index in [-0.39, 0.29) is 23.9 Å². The van der Waals surface area contributed by atoms with Crippen molar-refractivity contribution in [3.63, 3.8) is 0 Å². The number of hydrogen-bond acceptors (Lipinski definition) is 4. The summed E-state index contributed by atoms with van der Waals surface area (Å²) >= 11 is 0. The van der Waals surface area contributed by atoms with Crippen LogP contribution in [0.3, 0.4) is 0 Å². The first-order valence-electron chi connectivity index (χ1n) is 8.33. The number of para-hydroxylation sites is 1. The van der Waals surface area contributed by atoms with Crippen molar-refractivity contribution in [1.82, 2.24) is 4.90 Å². The van der Waals surface area contributed by atoms with Crippen LogP contribution >= 0.6 is 0 Å². The number of carbonyl (C=O) groups excluding carboxylic acids is 1. The Hall–Kier alpha value is -2.69. The number of anilines is 1. The SMILES string of the molecule is CCOc1cc([C@@H]2Nc3ccccc3C(=O)N2C2CC2)ccc1O. The second kappa shape index (κ2) is 5.74. The van der Waals surface area contributed by atoms with Gasteiger partial charge in [-0.15, -0.1) is 0 Å². The zero-order valence-corrected chi connectivity index (χ0v) is 13.5. The number of aromatic hydroxyl groups is 1. The van der Waals surface area contributed by atoms with E-state index in [2.05, 4.69) is 5.32 Å². The van der Waals surface area contributed by atoms with Gasteiger partial charge in [-0.3, -0.25) is 4.79 Å². The lowest BCUT2D eigenvalue weighted by Gasteiger charge is -2.38. The predicted molar refractivity (Wildman–Crippen MR) is 91.3 cm³/mol. The summed E-state index contributed by atoms with van der Waals surface area (Å²) < 4.78 is 5.49. The first-order valence-corrected chi connectivity index (χ1v) is 8.33. The molecule has 0 saturated heterocycles. The molecular weight excluding hydrogens is 304 g/mol. The highest BCUT2D eigenvalue weighted by atomic mass is 16.5. The van der Waals surface area contributed by atoms with Gasteiger partial charge in [0.05, 0.1) is 12.2 Å². The molecule has 1 fully saturated rings. The minimum Gasteiger partial charge on any atom is -0.504 e. The van der Waals surface area contributed by atoms with Gasteiger partial charge < -0.3 is 20.1 Å². The van der Waals surface area contributed by atoms with Crippen molar-refractivity contribution >= 4 is 11.6 Å². The molecule has 0 spiro atoms. The van der Waals surface area contributed by atoms with Crippen LogP contribution in [0.2, 0.25) is 0 Å². The maximum atomic E-state index is 13.0. The van der Waals surface area contributed by atoms with Gasteiger partial charge in [0.25, 0.3) is 5.91 Å². The summed E-state index contributed by atoms with van der Waals surface area (Å²) in [5.41, 5.74) is 2.46. The van der Waals surface area contributed by atoms with Crippen molar-refractivity contribution in [3.8, 4) is 11.5 Å². The Bertz CT molecular complexity index is 786. The van der Waals surface area contributed by atoms with E-state index in [1.165, 1.54) is 0 Å². The molecule has 1 aliphatic carbocycles. The van der Waals surface area contributed by atoms with E-state index in [1.807, 2.05) is 48.2 Å². The number of rotatable bonds is 4. The fourth-order valence-electron chi connectivity index (χ4n) is 3.21. The smallest absolute Gasteiger partial charge is 0.258 e. The van der Waals surface area contributed by atoms with Gasteiger partial charge in [-0.25, -0.2) is 0 Å². The van der Waals surface area contributed by atoms with Crippen LogP contribution in [0.1, 0.15) is 41.9 Å². The largest absolute Gasteiger partial charge is 0.504 e. The third kappa shape index (κ3) is 2.46. The molecule has 5 heteroatoms. The highest BCUT2D eigenvalue weighted by molar-refractivity contribution is 6.02. The lowest BCUT2D eigenvalue weighted by atomic mass is 10.0. The standard InChI is InChI=1S/C19H20N2O3/c1-2-24-17-11-12(7-10-16(17)22)18-20-15-6-4-3-5-14(15)19(23)21(18)13-8-9-13/h3-7,10-11,13,18,20,22H,2,8-9H2,1H3/t18-/m1/s1. The van der Waals surface area contributed by atoms with Gasteiger partial charge in [0.1, 0.15) is 6.17 Å². The lowest BCUT2D eigenvalue weighted by Crippen LogP contribution is -2.44. The Kier molecular flexibility index (Phi) is 3.56. The zero-order valence-electron chi connectivity index (χ0n) is 13.5. The summed E-state index contributed by atoms with van der Waals surface area (Å²) in [6.45, 7) is 2.35. The third-order valence-corrected chi connectivity index (χ3v) is 4.50. The van der Waals surface area contributed by atoms with E-state index >= 15 is 0 Å². The van der Waals surface area contributed by atoms with E-state index in [0.717, 1.165) is 24.1 Å². The topological polar surface area (TPSA) is 61.8 Å².